The van der Waals surface area contributed by atoms with Gasteiger partial charge in [0, 0.05) is 5.69 Å². The summed E-state index contributed by atoms with van der Waals surface area (Å²) in [6, 6.07) is 5.13. The summed E-state index contributed by atoms with van der Waals surface area (Å²) in [4.78, 5) is 26.1. The summed E-state index contributed by atoms with van der Waals surface area (Å²) in [6.07, 6.45) is -0.432. The van der Waals surface area contributed by atoms with E-state index in [1.165, 1.54) is 4.40 Å². The maximum absolute atomic E-state index is 11.8. The van der Waals surface area contributed by atoms with E-state index in [9.17, 15) is 9.59 Å². The summed E-state index contributed by atoms with van der Waals surface area (Å²) in [5.41, 5.74) is 0.569. The van der Waals surface area contributed by atoms with Gasteiger partial charge < -0.3 is 9.84 Å². The van der Waals surface area contributed by atoms with Crippen molar-refractivity contribution in [3.63, 3.8) is 0 Å². The van der Waals surface area contributed by atoms with Crippen LogP contribution in [0.1, 0.15) is 5.69 Å². The largest absolute Gasteiger partial charge is 0.511 e. The molecule has 0 fully saturated rings. The number of carbonyl (C=O) groups is 1. The van der Waals surface area contributed by atoms with Crippen molar-refractivity contribution < 1.29 is 14.6 Å². The van der Waals surface area contributed by atoms with E-state index in [0.29, 0.717) is 11.3 Å². The number of fused-ring (bicyclic) bond motifs is 1. The monoisotopic (exact) mass is 220 g/mol. The van der Waals surface area contributed by atoms with E-state index in [1.54, 1.807) is 25.1 Å². The Morgan fingerprint density at radius 1 is 1.50 bits per heavy atom. The Hall–Kier alpha value is -2.37. The van der Waals surface area contributed by atoms with Crippen molar-refractivity contribution in [1.29, 1.82) is 0 Å². The standard InChI is InChI=1S/C10H8N2O4/c1-6-3-2-4-8-11-5-7(16-10(14)15)9(13)12(6)8/h2-5H,1H3,(H,14,15). The quantitative estimate of drug-likeness (QED) is 0.726. The summed E-state index contributed by atoms with van der Waals surface area (Å²) in [5.74, 6) is -0.306. The van der Waals surface area contributed by atoms with Crippen molar-refractivity contribution >= 4 is 11.8 Å². The molecule has 0 aliphatic carbocycles. The number of aromatic nitrogens is 2. The van der Waals surface area contributed by atoms with Crippen LogP contribution in [0.25, 0.3) is 5.65 Å². The van der Waals surface area contributed by atoms with E-state index in [-0.39, 0.29) is 5.75 Å². The molecule has 0 spiro atoms. The molecule has 0 aromatic carbocycles. The van der Waals surface area contributed by atoms with Gasteiger partial charge in [0.15, 0.2) is 0 Å². The third kappa shape index (κ3) is 1.60. The first-order valence-electron chi connectivity index (χ1n) is 4.48. The maximum atomic E-state index is 11.8. The van der Waals surface area contributed by atoms with Crippen LogP contribution in [-0.4, -0.2) is 20.6 Å². The first-order chi connectivity index (χ1) is 7.59. The van der Waals surface area contributed by atoms with Gasteiger partial charge in [0.05, 0.1) is 6.20 Å². The molecule has 6 nitrogen and oxygen atoms in total. The number of carboxylic acid groups (broad SMARTS) is 1. The van der Waals surface area contributed by atoms with E-state index in [1.807, 2.05) is 0 Å². The fraction of sp³-hybridized carbons (Fsp3) is 0.100. The van der Waals surface area contributed by atoms with Crippen LogP contribution in [0, 0.1) is 6.92 Å². The lowest BCUT2D eigenvalue weighted by molar-refractivity contribution is 0.143. The lowest BCUT2D eigenvalue weighted by Gasteiger charge is -2.05. The SMILES string of the molecule is Cc1cccc2ncc(OC(=O)O)c(=O)n12. The van der Waals surface area contributed by atoms with Crippen molar-refractivity contribution in [2.45, 2.75) is 6.92 Å². The average Bonchev–Trinajstić information content (AvgIpc) is 2.22. The Labute approximate surface area is 89.7 Å². The maximum Gasteiger partial charge on any atom is 0.511 e. The molecule has 0 saturated carbocycles. The predicted octanol–water partition coefficient (Wildman–Crippen LogP) is 1.06. The van der Waals surface area contributed by atoms with Gasteiger partial charge in [0.1, 0.15) is 5.65 Å². The molecule has 0 bridgehead atoms. The minimum Gasteiger partial charge on any atom is -0.449 e. The molecule has 0 aliphatic rings. The third-order valence-electron chi connectivity index (χ3n) is 2.09. The number of nitrogens with zero attached hydrogens (tertiary/aromatic N) is 2. The van der Waals surface area contributed by atoms with Gasteiger partial charge in [-0.1, -0.05) is 6.07 Å². The van der Waals surface area contributed by atoms with Gasteiger partial charge in [-0.05, 0) is 19.1 Å². The van der Waals surface area contributed by atoms with Gasteiger partial charge in [-0.3, -0.25) is 9.20 Å². The van der Waals surface area contributed by atoms with Gasteiger partial charge >= 0.3 is 11.7 Å². The van der Waals surface area contributed by atoms with Crippen molar-refractivity contribution in [3.8, 4) is 5.75 Å². The molecule has 6 heteroatoms. The molecule has 82 valence electrons. The summed E-state index contributed by atoms with van der Waals surface area (Å²) in [6.45, 7) is 1.72. The van der Waals surface area contributed by atoms with Crippen molar-refractivity contribution in [2.75, 3.05) is 0 Å². The highest BCUT2D eigenvalue weighted by molar-refractivity contribution is 5.61. The fourth-order valence-corrected chi connectivity index (χ4v) is 1.42. The Balaban J connectivity index is 2.73. The molecule has 0 unspecified atom stereocenters. The molecular weight excluding hydrogens is 212 g/mol. The molecule has 2 aromatic rings. The molecule has 2 rings (SSSR count). The van der Waals surface area contributed by atoms with Gasteiger partial charge in [-0.2, -0.15) is 0 Å². The summed E-state index contributed by atoms with van der Waals surface area (Å²) in [7, 11) is 0. The number of hydrogen-bond donors (Lipinski definition) is 1. The fourth-order valence-electron chi connectivity index (χ4n) is 1.42. The van der Waals surface area contributed by atoms with Crippen molar-refractivity contribution in [2.24, 2.45) is 0 Å². The molecule has 0 saturated heterocycles. The zero-order chi connectivity index (χ0) is 11.7. The molecule has 2 aromatic heterocycles. The average molecular weight is 220 g/mol. The lowest BCUT2D eigenvalue weighted by atomic mass is 10.3. The van der Waals surface area contributed by atoms with Gasteiger partial charge in [0.25, 0.3) is 0 Å². The van der Waals surface area contributed by atoms with Crippen molar-refractivity contribution in [3.05, 3.63) is 40.4 Å². The highest BCUT2D eigenvalue weighted by Crippen LogP contribution is 2.06. The third-order valence-corrected chi connectivity index (χ3v) is 2.09. The van der Waals surface area contributed by atoms with Crippen LogP contribution in [0.15, 0.2) is 29.2 Å². The van der Waals surface area contributed by atoms with E-state index in [4.69, 9.17) is 5.11 Å². The molecule has 0 radical (unpaired) electrons. The summed E-state index contributed by atoms with van der Waals surface area (Å²) < 4.78 is 5.62. The normalized spacial score (nSPS) is 10.3. The molecule has 0 atom stereocenters. The van der Waals surface area contributed by atoms with Gasteiger partial charge in [0.2, 0.25) is 5.75 Å². The molecule has 0 amide bonds. The lowest BCUT2D eigenvalue weighted by Crippen LogP contribution is -2.21. The Morgan fingerprint density at radius 3 is 2.94 bits per heavy atom. The van der Waals surface area contributed by atoms with Gasteiger partial charge in [-0.15, -0.1) is 0 Å². The smallest absolute Gasteiger partial charge is 0.449 e. The minimum atomic E-state index is -1.53. The van der Waals surface area contributed by atoms with Crippen LogP contribution in [0.5, 0.6) is 5.75 Å². The second-order valence-electron chi connectivity index (χ2n) is 3.16. The second kappa shape index (κ2) is 3.65. The van der Waals surface area contributed by atoms with E-state index < -0.39 is 11.7 Å². The number of pyridine rings is 1. The van der Waals surface area contributed by atoms with E-state index in [0.717, 1.165) is 6.20 Å². The highest BCUT2D eigenvalue weighted by atomic mass is 16.7. The van der Waals surface area contributed by atoms with Gasteiger partial charge in [-0.25, -0.2) is 9.78 Å². The molecule has 0 aliphatic heterocycles. The molecular formula is C10H8N2O4. The van der Waals surface area contributed by atoms with Crippen molar-refractivity contribution in [1.82, 2.24) is 9.38 Å². The zero-order valence-electron chi connectivity index (χ0n) is 8.38. The predicted molar refractivity (Wildman–Crippen MR) is 54.9 cm³/mol. The first-order valence-corrected chi connectivity index (χ1v) is 4.48. The van der Waals surface area contributed by atoms with E-state index >= 15 is 0 Å². The van der Waals surface area contributed by atoms with Crippen LogP contribution < -0.4 is 10.3 Å². The molecule has 2 heterocycles. The zero-order valence-corrected chi connectivity index (χ0v) is 8.38. The molecule has 16 heavy (non-hydrogen) atoms. The topological polar surface area (TPSA) is 80.9 Å². The Bertz CT molecular complexity index is 618. The Morgan fingerprint density at radius 2 is 2.25 bits per heavy atom. The van der Waals surface area contributed by atoms with Crippen LogP contribution in [0.2, 0.25) is 0 Å². The van der Waals surface area contributed by atoms with Crippen LogP contribution in [0.3, 0.4) is 0 Å². The number of hydrogen-bond acceptors (Lipinski definition) is 4. The number of rotatable bonds is 1. The second-order valence-corrected chi connectivity index (χ2v) is 3.16. The molecule has 1 N–H and O–H groups in total. The Kier molecular flexibility index (Phi) is 2.32. The summed E-state index contributed by atoms with van der Waals surface area (Å²) >= 11 is 0. The first kappa shape index (κ1) is 10.2. The minimum absolute atomic E-state index is 0.306. The van der Waals surface area contributed by atoms with Crippen LogP contribution in [0.4, 0.5) is 4.79 Å². The number of aryl methyl sites for hydroxylation is 1. The highest BCUT2D eigenvalue weighted by Gasteiger charge is 2.10. The summed E-state index contributed by atoms with van der Waals surface area (Å²) in [5, 5.41) is 8.43. The van der Waals surface area contributed by atoms with Crippen LogP contribution >= 0.6 is 0 Å². The number of ether oxygens (including phenoxy) is 1. The van der Waals surface area contributed by atoms with E-state index in [2.05, 4.69) is 9.72 Å². The van der Waals surface area contributed by atoms with Crippen LogP contribution in [-0.2, 0) is 0 Å².